The summed E-state index contributed by atoms with van der Waals surface area (Å²) in [7, 11) is 0. The molecule has 334 valence electrons. The molecule has 16 heteroatoms. The lowest BCUT2D eigenvalue weighted by molar-refractivity contribution is -0.138. The molecule has 15 nitrogen and oxygen atoms in total. The van der Waals surface area contributed by atoms with Crippen LogP contribution in [0, 0.1) is 0 Å². The second-order valence-electron chi connectivity index (χ2n) is 16.3. The number of halogens is 1. The standard InChI is InChI=1S/C48H51BrN6O9/c1-28(2)62-47(60)52-40(30-13-7-5-8-14-30)45(58)54-25-11-17-36(54)43(56)50-33-21-19-32(20-22-33)42-39(49)35-27-34(23-24-38(35)64-42)51-44(57)37-18-12-26-55(37)46(59)41(31-15-9-6-10-16-31)53-48(61)63-29(3)4/h5-10,13-16,19-24,27-29,36-37,40-41H,11-12,17-18,25-26H2,1-4H3,(H,50,56)(H,51,57)(H,52,60)(H,53,61)/t36-,37?,40+,41?/m0/s1. The fourth-order valence-electron chi connectivity index (χ4n) is 8.02. The number of hydrogen-bond donors (Lipinski definition) is 4. The van der Waals surface area contributed by atoms with Crippen LogP contribution in [0.5, 0.6) is 0 Å². The van der Waals surface area contributed by atoms with Crippen LogP contribution in [0.2, 0.25) is 0 Å². The third kappa shape index (κ3) is 10.6. The van der Waals surface area contributed by atoms with Crippen molar-refractivity contribution in [3.63, 3.8) is 0 Å². The molecular weight excluding hydrogens is 884 g/mol. The lowest BCUT2D eigenvalue weighted by atomic mass is 10.0. The van der Waals surface area contributed by atoms with Crippen molar-refractivity contribution in [2.45, 2.75) is 89.8 Å². The van der Waals surface area contributed by atoms with Crippen molar-refractivity contribution in [1.29, 1.82) is 0 Å². The van der Waals surface area contributed by atoms with Gasteiger partial charge in [0.1, 0.15) is 35.5 Å². The van der Waals surface area contributed by atoms with Gasteiger partial charge < -0.3 is 45.0 Å². The molecule has 3 heterocycles. The summed E-state index contributed by atoms with van der Waals surface area (Å²) in [4.78, 5) is 83.7. The predicted octanol–water partition coefficient (Wildman–Crippen LogP) is 8.47. The number of likely N-dealkylation sites (tertiary alicyclic amines) is 2. The summed E-state index contributed by atoms with van der Waals surface area (Å²) in [6.07, 6.45) is -0.0695. The summed E-state index contributed by atoms with van der Waals surface area (Å²) < 4.78 is 17.4. The van der Waals surface area contributed by atoms with E-state index in [0.717, 1.165) is 0 Å². The Morgan fingerprint density at radius 2 is 1.08 bits per heavy atom. The molecule has 0 spiro atoms. The minimum absolute atomic E-state index is 0.348. The molecular formula is C48H51BrN6O9. The number of anilines is 2. The maximum Gasteiger partial charge on any atom is 0.408 e. The molecule has 2 aliphatic rings. The minimum atomic E-state index is -1.04. The fourth-order valence-corrected chi connectivity index (χ4v) is 8.64. The number of furan rings is 1. The van der Waals surface area contributed by atoms with Crippen LogP contribution in [0.3, 0.4) is 0 Å². The van der Waals surface area contributed by atoms with Gasteiger partial charge in [-0.05, 0) is 123 Å². The number of fused-ring (bicyclic) bond motifs is 1. The Balaban J connectivity index is 1.01. The van der Waals surface area contributed by atoms with Crippen molar-refractivity contribution in [1.82, 2.24) is 20.4 Å². The van der Waals surface area contributed by atoms with Crippen molar-refractivity contribution < 1.29 is 42.7 Å². The van der Waals surface area contributed by atoms with E-state index in [0.29, 0.717) is 88.0 Å². The van der Waals surface area contributed by atoms with Gasteiger partial charge in [0.2, 0.25) is 11.8 Å². The largest absolute Gasteiger partial charge is 0.455 e. The van der Waals surface area contributed by atoms with Crippen molar-refractivity contribution in [3.8, 4) is 11.3 Å². The van der Waals surface area contributed by atoms with Gasteiger partial charge in [0.05, 0.1) is 16.7 Å². The molecule has 1 aromatic heterocycles. The number of rotatable bonds is 13. The summed E-state index contributed by atoms with van der Waals surface area (Å²) in [6.45, 7) is 7.59. The summed E-state index contributed by atoms with van der Waals surface area (Å²) in [5.74, 6) is -0.986. The Bertz CT molecular complexity index is 2500. The average molecular weight is 936 g/mol. The number of carbonyl (C=O) groups is 6. The molecule has 0 saturated carbocycles. The third-order valence-corrected chi connectivity index (χ3v) is 11.7. The number of amides is 6. The SMILES string of the molecule is CC(C)OC(=O)NC(C(=O)N1CCCC1C(=O)Nc1ccc2oc(-c3ccc(NC(=O)[C@@H]4CCCN4C(=O)[C@H](NC(=O)OC(C)C)c4ccccc4)cc3)c(Br)c2c1)c1ccccc1. The highest BCUT2D eigenvalue weighted by atomic mass is 79.9. The highest BCUT2D eigenvalue weighted by Crippen LogP contribution is 2.39. The lowest BCUT2D eigenvalue weighted by Crippen LogP contribution is -2.48. The Kier molecular flexibility index (Phi) is 14.3. The van der Waals surface area contributed by atoms with Gasteiger partial charge in [-0.1, -0.05) is 60.7 Å². The summed E-state index contributed by atoms with van der Waals surface area (Å²) in [5, 5.41) is 12.0. The van der Waals surface area contributed by atoms with Gasteiger partial charge in [-0.15, -0.1) is 0 Å². The summed E-state index contributed by atoms with van der Waals surface area (Å²) in [5.41, 5.74) is 3.45. The Labute approximate surface area is 379 Å². The van der Waals surface area contributed by atoms with E-state index in [2.05, 4.69) is 37.2 Å². The molecule has 2 fully saturated rings. The highest BCUT2D eigenvalue weighted by molar-refractivity contribution is 9.10. The van der Waals surface area contributed by atoms with E-state index in [-0.39, 0.29) is 24.0 Å². The molecule has 6 amide bonds. The molecule has 5 aromatic rings. The van der Waals surface area contributed by atoms with Crippen LogP contribution in [0.1, 0.15) is 76.6 Å². The van der Waals surface area contributed by atoms with E-state index in [1.807, 2.05) is 12.1 Å². The van der Waals surface area contributed by atoms with Crippen LogP contribution >= 0.6 is 15.9 Å². The van der Waals surface area contributed by atoms with Gasteiger partial charge in [0.25, 0.3) is 11.8 Å². The first-order valence-corrected chi connectivity index (χ1v) is 22.2. The third-order valence-electron chi connectivity index (χ3n) is 11.0. The maximum atomic E-state index is 14.0. The Morgan fingerprint density at radius 1 is 0.625 bits per heavy atom. The zero-order valence-electron chi connectivity index (χ0n) is 36.0. The van der Waals surface area contributed by atoms with E-state index < -0.39 is 48.2 Å². The molecule has 0 radical (unpaired) electrons. The normalized spacial score (nSPS) is 16.9. The van der Waals surface area contributed by atoms with Crippen LogP contribution in [-0.2, 0) is 28.7 Å². The first-order chi connectivity index (χ1) is 30.8. The first-order valence-electron chi connectivity index (χ1n) is 21.4. The average Bonchev–Trinajstić information content (AvgIpc) is 4.05. The topological polar surface area (TPSA) is 189 Å². The van der Waals surface area contributed by atoms with E-state index in [9.17, 15) is 28.8 Å². The second kappa shape index (κ2) is 20.2. The number of carbonyl (C=O) groups excluding carboxylic acids is 6. The molecule has 2 saturated heterocycles. The van der Waals surface area contributed by atoms with Gasteiger partial charge in [-0.3, -0.25) is 19.2 Å². The number of alkyl carbamates (subject to hydrolysis) is 2. The maximum absolute atomic E-state index is 14.0. The zero-order valence-corrected chi connectivity index (χ0v) is 37.6. The predicted molar refractivity (Wildman–Crippen MR) is 244 cm³/mol. The fraction of sp³-hybridized carbons (Fsp3) is 0.333. The number of ether oxygens (including phenoxy) is 2. The molecule has 2 aliphatic heterocycles. The van der Waals surface area contributed by atoms with Crippen molar-refractivity contribution in [3.05, 3.63) is 119 Å². The van der Waals surface area contributed by atoms with Crippen LogP contribution < -0.4 is 21.3 Å². The molecule has 4 atom stereocenters. The van der Waals surface area contributed by atoms with Gasteiger partial charge in [-0.2, -0.15) is 0 Å². The van der Waals surface area contributed by atoms with Gasteiger partial charge >= 0.3 is 12.2 Å². The lowest BCUT2D eigenvalue weighted by Gasteiger charge is -2.29. The van der Waals surface area contributed by atoms with Gasteiger partial charge in [0, 0.05) is 35.4 Å². The van der Waals surface area contributed by atoms with E-state index in [4.69, 9.17) is 13.9 Å². The monoisotopic (exact) mass is 934 g/mol. The molecule has 4 aromatic carbocycles. The first kappa shape index (κ1) is 45.3. The van der Waals surface area contributed by atoms with E-state index >= 15 is 0 Å². The van der Waals surface area contributed by atoms with Gasteiger partial charge in [-0.25, -0.2) is 9.59 Å². The number of nitrogens with one attached hydrogen (secondary N) is 4. The van der Waals surface area contributed by atoms with Crippen LogP contribution in [0.25, 0.3) is 22.3 Å². The van der Waals surface area contributed by atoms with Crippen LogP contribution in [0.15, 0.2) is 112 Å². The van der Waals surface area contributed by atoms with Crippen LogP contribution in [-0.4, -0.2) is 83.0 Å². The Morgan fingerprint density at radius 3 is 1.55 bits per heavy atom. The number of hydrogen-bond acceptors (Lipinski definition) is 9. The molecule has 0 aliphatic carbocycles. The van der Waals surface area contributed by atoms with Gasteiger partial charge in [0.15, 0.2) is 0 Å². The smallest absolute Gasteiger partial charge is 0.408 e. The van der Waals surface area contributed by atoms with E-state index in [1.165, 1.54) is 9.80 Å². The summed E-state index contributed by atoms with van der Waals surface area (Å²) in [6, 6.07) is 26.5. The molecule has 7 rings (SSSR count). The second-order valence-corrected chi connectivity index (χ2v) is 17.1. The molecule has 2 unspecified atom stereocenters. The quantitative estimate of drug-likeness (QED) is 0.0898. The molecule has 0 bridgehead atoms. The molecule has 64 heavy (non-hydrogen) atoms. The van der Waals surface area contributed by atoms with E-state index in [1.54, 1.807) is 119 Å². The number of nitrogens with zero attached hydrogens (tertiary/aromatic N) is 2. The van der Waals surface area contributed by atoms with Crippen molar-refractivity contribution in [2.24, 2.45) is 0 Å². The summed E-state index contributed by atoms with van der Waals surface area (Å²) >= 11 is 3.69. The van der Waals surface area contributed by atoms with Crippen LogP contribution in [0.4, 0.5) is 21.0 Å². The highest BCUT2D eigenvalue weighted by Gasteiger charge is 2.40. The molecule has 4 N–H and O–H groups in total. The zero-order chi connectivity index (χ0) is 45.5. The Hall–Kier alpha value is -6.68. The minimum Gasteiger partial charge on any atom is -0.455 e. The number of benzene rings is 4. The van der Waals surface area contributed by atoms with Crippen molar-refractivity contribution in [2.75, 3.05) is 23.7 Å². The van der Waals surface area contributed by atoms with Crippen molar-refractivity contribution >= 4 is 74.1 Å².